The summed E-state index contributed by atoms with van der Waals surface area (Å²) in [6.07, 6.45) is -0.446. The Bertz CT molecular complexity index is 443. The number of aliphatic hydroxyl groups excluding tert-OH is 1. The second kappa shape index (κ2) is 5.36. The van der Waals surface area contributed by atoms with Gasteiger partial charge in [-0.15, -0.1) is 0 Å². The minimum Gasteiger partial charge on any atom is -0.454 e. The zero-order chi connectivity index (χ0) is 13.2. The molecule has 0 bridgehead atoms. The third kappa shape index (κ3) is 2.54. The van der Waals surface area contributed by atoms with E-state index in [9.17, 15) is 5.11 Å². The molecular formula is C14H19NO4. The molecule has 1 fully saturated rings. The van der Waals surface area contributed by atoms with Gasteiger partial charge >= 0.3 is 0 Å². The van der Waals surface area contributed by atoms with Crippen LogP contribution in [-0.2, 0) is 4.74 Å². The summed E-state index contributed by atoms with van der Waals surface area (Å²) in [7, 11) is 0. The number of hydrogen-bond donors (Lipinski definition) is 1. The molecule has 2 atom stereocenters. The number of nitrogens with zero attached hydrogens (tertiary/aromatic N) is 1. The molecule has 1 N–H and O–H groups in total. The van der Waals surface area contributed by atoms with Crippen molar-refractivity contribution in [2.75, 3.05) is 33.1 Å². The molecule has 0 radical (unpaired) electrons. The van der Waals surface area contributed by atoms with E-state index in [0.717, 1.165) is 30.2 Å². The van der Waals surface area contributed by atoms with Crippen LogP contribution in [0, 0.1) is 0 Å². The second-order valence-electron chi connectivity index (χ2n) is 4.95. The van der Waals surface area contributed by atoms with Crippen LogP contribution in [0.2, 0.25) is 0 Å². The number of aliphatic hydroxyl groups is 1. The van der Waals surface area contributed by atoms with Crippen LogP contribution in [-0.4, -0.2) is 49.2 Å². The lowest BCUT2D eigenvalue weighted by atomic mass is 9.99. The van der Waals surface area contributed by atoms with Crippen molar-refractivity contribution in [3.63, 3.8) is 0 Å². The zero-order valence-electron chi connectivity index (χ0n) is 11.0. The van der Waals surface area contributed by atoms with Crippen LogP contribution in [0.3, 0.4) is 0 Å². The summed E-state index contributed by atoms with van der Waals surface area (Å²) in [5.41, 5.74) is 1.06. The quantitative estimate of drug-likeness (QED) is 0.889. The van der Waals surface area contributed by atoms with Gasteiger partial charge in [-0.2, -0.15) is 0 Å². The molecule has 0 saturated carbocycles. The first-order valence-electron chi connectivity index (χ1n) is 6.65. The van der Waals surface area contributed by atoms with Gasteiger partial charge < -0.3 is 19.3 Å². The Balaban J connectivity index is 1.87. The molecule has 1 aromatic rings. The van der Waals surface area contributed by atoms with Gasteiger partial charge in [0.05, 0.1) is 25.4 Å². The van der Waals surface area contributed by atoms with E-state index in [-0.39, 0.29) is 12.8 Å². The highest BCUT2D eigenvalue weighted by atomic mass is 16.7. The molecule has 0 unspecified atom stereocenters. The Kier molecular flexibility index (Phi) is 3.59. The summed E-state index contributed by atoms with van der Waals surface area (Å²) in [4.78, 5) is 2.26. The van der Waals surface area contributed by atoms with E-state index >= 15 is 0 Å². The largest absolute Gasteiger partial charge is 0.454 e. The second-order valence-corrected chi connectivity index (χ2v) is 4.95. The third-order valence-corrected chi connectivity index (χ3v) is 3.63. The first-order chi connectivity index (χ1) is 9.25. The van der Waals surface area contributed by atoms with Crippen molar-refractivity contribution in [1.29, 1.82) is 0 Å². The van der Waals surface area contributed by atoms with Crippen LogP contribution < -0.4 is 9.47 Å². The van der Waals surface area contributed by atoms with Crippen LogP contribution in [0.1, 0.15) is 18.5 Å². The minimum atomic E-state index is -0.446. The molecule has 0 aromatic heterocycles. The molecule has 0 aliphatic carbocycles. The van der Waals surface area contributed by atoms with Crippen LogP contribution in [0.25, 0.3) is 0 Å². The van der Waals surface area contributed by atoms with Gasteiger partial charge in [0.25, 0.3) is 0 Å². The van der Waals surface area contributed by atoms with Crippen LogP contribution in [0.15, 0.2) is 18.2 Å². The highest BCUT2D eigenvalue weighted by Crippen LogP contribution is 2.36. The molecule has 2 aliphatic rings. The molecule has 0 amide bonds. The lowest BCUT2D eigenvalue weighted by Crippen LogP contribution is -2.42. The van der Waals surface area contributed by atoms with Crippen molar-refractivity contribution in [2.24, 2.45) is 0 Å². The summed E-state index contributed by atoms with van der Waals surface area (Å²) in [6.45, 7) is 5.20. The molecule has 5 heteroatoms. The van der Waals surface area contributed by atoms with Crippen molar-refractivity contribution in [3.8, 4) is 11.5 Å². The lowest BCUT2D eigenvalue weighted by molar-refractivity contribution is -0.0180. The summed E-state index contributed by atoms with van der Waals surface area (Å²) in [5.74, 6) is 1.53. The average molecular weight is 265 g/mol. The van der Waals surface area contributed by atoms with E-state index in [1.54, 1.807) is 0 Å². The number of morpholine rings is 1. The van der Waals surface area contributed by atoms with Gasteiger partial charge in [0, 0.05) is 13.1 Å². The Morgan fingerprint density at radius 3 is 2.63 bits per heavy atom. The summed E-state index contributed by atoms with van der Waals surface area (Å²) >= 11 is 0. The number of rotatable bonds is 3. The lowest BCUT2D eigenvalue weighted by Gasteiger charge is -2.36. The third-order valence-electron chi connectivity index (χ3n) is 3.63. The van der Waals surface area contributed by atoms with Crippen LogP contribution in [0.5, 0.6) is 11.5 Å². The van der Waals surface area contributed by atoms with E-state index in [0.29, 0.717) is 13.2 Å². The fourth-order valence-corrected chi connectivity index (χ4v) is 2.75. The van der Waals surface area contributed by atoms with E-state index < -0.39 is 6.10 Å². The fraction of sp³-hybridized carbons (Fsp3) is 0.571. The Hall–Kier alpha value is -1.30. The van der Waals surface area contributed by atoms with Crippen molar-refractivity contribution in [2.45, 2.75) is 19.1 Å². The Morgan fingerprint density at radius 1 is 1.16 bits per heavy atom. The van der Waals surface area contributed by atoms with E-state index in [2.05, 4.69) is 4.90 Å². The molecular weight excluding hydrogens is 246 g/mol. The first kappa shape index (κ1) is 12.7. The number of ether oxygens (including phenoxy) is 3. The minimum absolute atomic E-state index is 0.0293. The number of fused-ring (bicyclic) bond motifs is 1. The molecule has 1 aromatic carbocycles. The highest BCUT2D eigenvalue weighted by Gasteiger charge is 2.28. The van der Waals surface area contributed by atoms with E-state index in [1.165, 1.54) is 0 Å². The summed E-state index contributed by atoms with van der Waals surface area (Å²) in [5, 5.41) is 10.1. The van der Waals surface area contributed by atoms with Crippen molar-refractivity contribution in [3.05, 3.63) is 23.8 Å². The SMILES string of the molecule is C[C@@H](O)[C@H](c1ccc2c(c1)OCO2)N1CCOCC1. The van der Waals surface area contributed by atoms with Gasteiger partial charge in [0.1, 0.15) is 0 Å². The zero-order valence-corrected chi connectivity index (χ0v) is 11.0. The molecule has 19 heavy (non-hydrogen) atoms. The van der Waals surface area contributed by atoms with E-state index in [4.69, 9.17) is 14.2 Å². The van der Waals surface area contributed by atoms with Crippen LogP contribution in [0.4, 0.5) is 0 Å². The van der Waals surface area contributed by atoms with Gasteiger partial charge in [0.15, 0.2) is 11.5 Å². The van der Waals surface area contributed by atoms with Gasteiger partial charge in [0.2, 0.25) is 6.79 Å². The molecule has 2 heterocycles. The van der Waals surface area contributed by atoms with E-state index in [1.807, 2.05) is 25.1 Å². The smallest absolute Gasteiger partial charge is 0.231 e. The van der Waals surface area contributed by atoms with Crippen molar-refractivity contribution < 1.29 is 19.3 Å². The van der Waals surface area contributed by atoms with Gasteiger partial charge in [-0.3, -0.25) is 4.90 Å². The summed E-state index contributed by atoms with van der Waals surface area (Å²) < 4.78 is 16.1. The Morgan fingerprint density at radius 2 is 1.89 bits per heavy atom. The monoisotopic (exact) mass is 265 g/mol. The van der Waals surface area contributed by atoms with Gasteiger partial charge in [-0.1, -0.05) is 6.07 Å². The molecule has 2 aliphatic heterocycles. The molecule has 5 nitrogen and oxygen atoms in total. The predicted octanol–water partition coefficient (Wildman–Crippen LogP) is 1.17. The van der Waals surface area contributed by atoms with Crippen LogP contribution >= 0.6 is 0 Å². The van der Waals surface area contributed by atoms with Crippen molar-refractivity contribution in [1.82, 2.24) is 4.90 Å². The molecule has 3 rings (SSSR count). The van der Waals surface area contributed by atoms with Gasteiger partial charge in [-0.05, 0) is 24.6 Å². The normalized spacial score (nSPS) is 22.2. The predicted molar refractivity (Wildman–Crippen MR) is 69.4 cm³/mol. The maximum Gasteiger partial charge on any atom is 0.231 e. The first-order valence-corrected chi connectivity index (χ1v) is 6.65. The highest BCUT2D eigenvalue weighted by molar-refractivity contribution is 5.45. The Labute approximate surface area is 112 Å². The fourth-order valence-electron chi connectivity index (χ4n) is 2.75. The van der Waals surface area contributed by atoms with Gasteiger partial charge in [-0.25, -0.2) is 0 Å². The number of benzene rings is 1. The standard InChI is InChI=1S/C14H19NO4/c1-10(16)14(15-4-6-17-7-5-15)11-2-3-12-13(8-11)19-9-18-12/h2-3,8,10,14,16H,4-7,9H2,1H3/t10-,14-/m1/s1. The number of hydrogen-bond acceptors (Lipinski definition) is 5. The molecule has 1 saturated heterocycles. The molecule has 0 spiro atoms. The average Bonchev–Trinajstić information content (AvgIpc) is 2.87. The summed E-state index contributed by atoms with van der Waals surface area (Å²) in [6, 6.07) is 5.85. The topological polar surface area (TPSA) is 51.2 Å². The van der Waals surface area contributed by atoms with Crippen molar-refractivity contribution >= 4 is 0 Å². The maximum atomic E-state index is 10.1. The maximum absolute atomic E-state index is 10.1. The molecule has 104 valence electrons.